The first-order chi connectivity index (χ1) is 5.47. The van der Waals surface area contributed by atoms with Crippen LogP contribution in [0.5, 0.6) is 0 Å². The third-order valence-electron chi connectivity index (χ3n) is 1.12. The largest absolute Gasteiger partial charge is 0.228 e. The number of sulfonamides is 1. The molecule has 4 nitrogen and oxygen atoms in total. The summed E-state index contributed by atoms with van der Waals surface area (Å²) in [7, 11) is -3.62. The standard InChI is InChI=1S/C6H7FN2O2S/c7-6-3-1-2-5(9-6)4-12(8,10)11/h1-3H,4H2,(H2,8,10,11). The second-order valence-corrected chi connectivity index (χ2v) is 3.87. The summed E-state index contributed by atoms with van der Waals surface area (Å²) in [5.41, 5.74) is 0.109. The Bertz CT molecular complexity index is 377. The highest BCUT2D eigenvalue weighted by Crippen LogP contribution is 2.00. The van der Waals surface area contributed by atoms with Crippen LogP contribution in [0.1, 0.15) is 5.69 Å². The molecule has 66 valence electrons. The third kappa shape index (κ3) is 2.93. The first-order valence-electron chi connectivity index (χ1n) is 3.09. The summed E-state index contributed by atoms with van der Waals surface area (Å²) >= 11 is 0. The van der Waals surface area contributed by atoms with E-state index in [0.717, 1.165) is 6.07 Å². The molecule has 0 unspecified atom stereocenters. The van der Waals surface area contributed by atoms with E-state index >= 15 is 0 Å². The van der Waals surface area contributed by atoms with Crippen molar-refractivity contribution >= 4 is 10.0 Å². The Morgan fingerprint density at radius 2 is 2.17 bits per heavy atom. The fourth-order valence-electron chi connectivity index (χ4n) is 0.737. The maximum absolute atomic E-state index is 12.4. The minimum atomic E-state index is -3.62. The lowest BCUT2D eigenvalue weighted by molar-refractivity contribution is 0.575. The van der Waals surface area contributed by atoms with Gasteiger partial charge in [-0.15, -0.1) is 0 Å². The van der Waals surface area contributed by atoms with E-state index in [1.54, 1.807) is 0 Å². The lowest BCUT2D eigenvalue weighted by Crippen LogP contribution is -2.15. The first kappa shape index (κ1) is 9.08. The van der Waals surface area contributed by atoms with Crippen LogP contribution in [-0.2, 0) is 15.8 Å². The van der Waals surface area contributed by atoms with Gasteiger partial charge in [-0.25, -0.2) is 18.5 Å². The molecule has 1 aromatic heterocycles. The van der Waals surface area contributed by atoms with Crippen molar-refractivity contribution in [1.29, 1.82) is 0 Å². The molecule has 0 radical (unpaired) electrons. The van der Waals surface area contributed by atoms with Crippen LogP contribution in [0.4, 0.5) is 4.39 Å². The van der Waals surface area contributed by atoms with Crippen molar-refractivity contribution in [1.82, 2.24) is 4.98 Å². The lowest BCUT2D eigenvalue weighted by Gasteiger charge is -1.96. The number of hydrogen-bond acceptors (Lipinski definition) is 3. The zero-order valence-corrected chi connectivity index (χ0v) is 6.88. The predicted octanol–water partition coefficient (Wildman–Crippen LogP) is 0.00920. The molecule has 6 heteroatoms. The number of pyridine rings is 1. The zero-order chi connectivity index (χ0) is 9.19. The Labute approximate surface area is 69.3 Å². The molecule has 1 heterocycles. The van der Waals surface area contributed by atoms with Crippen LogP contribution in [0.15, 0.2) is 18.2 Å². The molecular weight excluding hydrogens is 183 g/mol. The average molecular weight is 190 g/mol. The molecule has 1 aromatic rings. The Morgan fingerprint density at radius 1 is 1.50 bits per heavy atom. The van der Waals surface area contributed by atoms with E-state index in [2.05, 4.69) is 4.98 Å². The van der Waals surface area contributed by atoms with E-state index in [1.807, 2.05) is 0 Å². The van der Waals surface area contributed by atoms with Gasteiger partial charge in [-0.2, -0.15) is 4.39 Å². The molecule has 0 atom stereocenters. The minimum absolute atomic E-state index is 0.109. The lowest BCUT2D eigenvalue weighted by atomic mass is 10.4. The highest BCUT2D eigenvalue weighted by atomic mass is 32.2. The molecule has 2 N–H and O–H groups in total. The fraction of sp³-hybridized carbons (Fsp3) is 0.167. The van der Waals surface area contributed by atoms with Gasteiger partial charge in [0.05, 0.1) is 5.69 Å². The number of primary sulfonamides is 1. The van der Waals surface area contributed by atoms with Crippen LogP contribution >= 0.6 is 0 Å². The average Bonchev–Trinajstić information content (AvgIpc) is 1.82. The van der Waals surface area contributed by atoms with Gasteiger partial charge in [0.25, 0.3) is 0 Å². The maximum atomic E-state index is 12.4. The number of halogens is 1. The number of rotatable bonds is 2. The van der Waals surface area contributed by atoms with E-state index in [4.69, 9.17) is 5.14 Å². The molecule has 0 fully saturated rings. The predicted molar refractivity (Wildman–Crippen MR) is 41.0 cm³/mol. The van der Waals surface area contributed by atoms with Crippen LogP contribution in [0, 0.1) is 5.95 Å². The highest BCUT2D eigenvalue weighted by molar-refractivity contribution is 7.88. The summed E-state index contributed by atoms with van der Waals surface area (Å²) in [4.78, 5) is 3.33. The third-order valence-corrected chi connectivity index (χ3v) is 1.82. The molecule has 0 saturated heterocycles. The van der Waals surface area contributed by atoms with Gasteiger partial charge in [0.2, 0.25) is 16.0 Å². The van der Waals surface area contributed by atoms with E-state index in [1.165, 1.54) is 12.1 Å². The second kappa shape index (κ2) is 3.16. The molecule has 0 aliphatic carbocycles. The number of nitrogens with two attached hydrogens (primary N) is 1. The summed E-state index contributed by atoms with van der Waals surface area (Å²) in [6.45, 7) is 0. The van der Waals surface area contributed by atoms with Gasteiger partial charge >= 0.3 is 0 Å². The number of nitrogens with zero attached hydrogens (tertiary/aromatic N) is 1. The minimum Gasteiger partial charge on any atom is -0.228 e. The van der Waals surface area contributed by atoms with Crippen LogP contribution in [0.25, 0.3) is 0 Å². The molecule has 0 aromatic carbocycles. The van der Waals surface area contributed by atoms with Crippen molar-refractivity contribution in [2.45, 2.75) is 5.75 Å². The Kier molecular flexibility index (Phi) is 2.39. The molecular formula is C6H7FN2O2S. The molecule has 0 amide bonds. The van der Waals surface area contributed by atoms with Crippen LogP contribution < -0.4 is 5.14 Å². The number of hydrogen-bond donors (Lipinski definition) is 1. The molecule has 0 saturated carbocycles. The summed E-state index contributed by atoms with van der Waals surface area (Å²) in [5, 5.41) is 4.73. The number of aromatic nitrogens is 1. The van der Waals surface area contributed by atoms with Gasteiger partial charge in [-0.3, -0.25) is 0 Å². The molecule has 0 aliphatic heterocycles. The normalized spacial score (nSPS) is 11.5. The summed E-state index contributed by atoms with van der Waals surface area (Å²) in [5.74, 6) is -1.15. The smallest absolute Gasteiger partial charge is 0.214 e. The van der Waals surface area contributed by atoms with Crippen molar-refractivity contribution in [3.05, 3.63) is 29.8 Å². The van der Waals surface area contributed by atoms with Crippen molar-refractivity contribution < 1.29 is 12.8 Å². The quantitative estimate of drug-likeness (QED) is 0.667. The molecule has 12 heavy (non-hydrogen) atoms. The van der Waals surface area contributed by atoms with Gasteiger partial charge in [0.15, 0.2) is 0 Å². The van der Waals surface area contributed by atoms with Crippen molar-refractivity contribution in [2.75, 3.05) is 0 Å². The maximum Gasteiger partial charge on any atom is 0.214 e. The van der Waals surface area contributed by atoms with E-state index in [9.17, 15) is 12.8 Å². The summed E-state index contributed by atoms with van der Waals surface area (Å²) < 4.78 is 33.5. The Hall–Kier alpha value is -1.01. The monoisotopic (exact) mass is 190 g/mol. The van der Waals surface area contributed by atoms with Crippen LogP contribution in [-0.4, -0.2) is 13.4 Å². The van der Waals surface area contributed by atoms with Crippen LogP contribution in [0.3, 0.4) is 0 Å². The second-order valence-electron chi connectivity index (χ2n) is 2.26. The molecule has 0 bridgehead atoms. The van der Waals surface area contributed by atoms with Crippen molar-refractivity contribution in [3.8, 4) is 0 Å². The fourth-order valence-corrected chi connectivity index (χ4v) is 1.31. The van der Waals surface area contributed by atoms with Crippen LogP contribution in [0.2, 0.25) is 0 Å². The van der Waals surface area contributed by atoms with E-state index in [0.29, 0.717) is 0 Å². The van der Waals surface area contributed by atoms with Gasteiger partial charge in [-0.05, 0) is 12.1 Å². The Morgan fingerprint density at radius 3 is 2.67 bits per heavy atom. The van der Waals surface area contributed by atoms with Crippen molar-refractivity contribution in [3.63, 3.8) is 0 Å². The highest BCUT2D eigenvalue weighted by Gasteiger charge is 2.06. The topological polar surface area (TPSA) is 73.1 Å². The van der Waals surface area contributed by atoms with Gasteiger partial charge in [0, 0.05) is 0 Å². The van der Waals surface area contributed by atoms with E-state index in [-0.39, 0.29) is 5.69 Å². The van der Waals surface area contributed by atoms with E-state index < -0.39 is 21.7 Å². The first-order valence-corrected chi connectivity index (χ1v) is 4.81. The van der Waals surface area contributed by atoms with Crippen molar-refractivity contribution in [2.24, 2.45) is 5.14 Å². The zero-order valence-electron chi connectivity index (χ0n) is 6.07. The molecule has 1 rings (SSSR count). The Balaban J connectivity index is 2.91. The SMILES string of the molecule is NS(=O)(=O)Cc1cccc(F)n1. The van der Waals surface area contributed by atoms with Gasteiger partial charge in [-0.1, -0.05) is 6.07 Å². The molecule has 0 aliphatic rings. The molecule has 0 spiro atoms. The summed E-state index contributed by atoms with van der Waals surface area (Å²) in [6.07, 6.45) is 0. The van der Waals surface area contributed by atoms with Gasteiger partial charge in [0.1, 0.15) is 5.75 Å². The van der Waals surface area contributed by atoms with Gasteiger partial charge < -0.3 is 0 Å². The summed E-state index contributed by atoms with van der Waals surface area (Å²) in [6, 6.07) is 3.91.